The number of aromatic nitrogens is 2. The van der Waals surface area contributed by atoms with E-state index in [1.54, 1.807) is 0 Å². The van der Waals surface area contributed by atoms with E-state index in [1.807, 2.05) is 39.3 Å². The van der Waals surface area contributed by atoms with Crippen molar-refractivity contribution in [1.82, 2.24) is 15.1 Å². The summed E-state index contributed by atoms with van der Waals surface area (Å²) in [6, 6.07) is 2.59. The Hall–Kier alpha value is -0.860. The van der Waals surface area contributed by atoms with Gasteiger partial charge in [-0.2, -0.15) is 10.4 Å². The lowest BCUT2D eigenvalue weighted by molar-refractivity contribution is 0.340. The van der Waals surface area contributed by atoms with Crippen molar-refractivity contribution in [3.05, 3.63) is 15.9 Å². The lowest BCUT2D eigenvalue weighted by Gasteiger charge is -2.26. The van der Waals surface area contributed by atoms with Crippen LogP contribution in [0.25, 0.3) is 0 Å². The highest BCUT2D eigenvalue weighted by Crippen LogP contribution is 2.21. The van der Waals surface area contributed by atoms with Crippen molar-refractivity contribution in [3.63, 3.8) is 0 Å². The van der Waals surface area contributed by atoms with Crippen molar-refractivity contribution in [2.45, 2.75) is 52.7 Å². The summed E-state index contributed by atoms with van der Waals surface area (Å²) in [6.07, 6.45) is 0. The SMILES string of the molecule is Cc1nn(CC(C)(C#N)NC(C)C)c(C)c1Br. The van der Waals surface area contributed by atoms with E-state index in [0.717, 1.165) is 15.9 Å². The van der Waals surface area contributed by atoms with Crippen LogP contribution in [-0.2, 0) is 6.54 Å². The molecule has 1 aromatic rings. The Kier molecular flexibility index (Phi) is 4.34. The summed E-state index contributed by atoms with van der Waals surface area (Å²) in [5.41, 5.74) is 1.40. The number of nitrogens with one attached hydrogen (secondary N) is 1. The summed E-state index contributed by atoms with van der Waals surface area (Å²) < 4.78 is 2.89. The molecule has 0 aromatic carbocycles. The van der Waals surface area contributed by atoms with Crippen molar-refractivity contribution < 1.29 is 0 Å². The molecule has 0 aliphatic heterocycles. The van der Waals surface area contributed by atoms with Gasteiger partial charge in [0.25, 0.3) is 0 Å². The number of aryl methyl sites for hydroxylation is 1. The second-order valence-electron chi connectivity index (χ2n) is 4.89. The zero-order valence-corrected chi connectivity index (χ0v) is 12.6. The molecule has 0 aliphatic rings. The lowest BCUT2D eigenvalue weighted by Crippen LogP contribution is -2.48. The molecule has 1 atom stereocenters. The molecule has 1 aromatic heterocycles. The maximum atomic E-state index is 9.30. The van der Waals surface area contributed by atoms with Gasteiger partial charge in [0.2, 0.25) is 0 Å². The number of halogens is 1. The summed E-state index contributed by atoms with van der Waals surface area (Å²) in [4.78, 5) is 0. The van der Waals surface area contributed by atoms with Crippen molar-refractivity contribution in [3.8, 4) is 6.07 Å². The van der Waals surface area contributed by atoms with Gasteiger partial charge >= 0.3 is 0 Å². The van der Waals surface area contributed by atoms with Gasteiger partial charge in [-0.05, 0) is 50.5 Å². The molecule has 5 heteroatoms. The van der Waals surface area contributed by atoms with Gasteiger partial charge in [-0.3, -0.25) is 10.00 Å². The first kappa shape index (κ1) is 14.2. The topological polar surface area (TPSA) is 53.6 Å². The van der Waals surface area contributed by atoms with Crippen molar-refractivity contribution >= 4 is 15.9 Å². The predicted octanol–water partition coefficient (Wildman–Crippen LogP) is 2.54. The minimum absolute atomic E-state index is 0.264. The Morgan fingerprint density at radius 2 is 2.12 bits per heavy atom. The van der Waals surface area contributed by atoms with Crippen LogP contribution in [0.15, 0.2) is 4.47 Å². The Labute approximate surface area is 111 Å². The quantitative estimate of drug-likeness (QED) is 0.929. The molecule has 1 unspecified atom stereocenters. The largest absolute Gasteiger partial charge is 0.296 e. The third-order valence-electron chi connectivity index (χ3n) is 2.61. The van der Waals surface area contributed by atoms with Crippen LogP contribution in [0.3, 0.4) is 0 Å². The first-order chi connectivity index (χ1) is 7.79. The van der Waals surface area contributed by atoms with Gasteiger partial charge < -0.3 is 0 Å². The molecule has 0 bridgehead atoms. The monoisotopic (exact) mass is 298 g/mol. The molecule has 94 valence electrons. The summed E-state index contributed by atoms with van der Waals surface area (Å²) in [6.45, 7) is 10.5. The van der Waals surface area contributed by atoms with Crippen LogP contribution in [0, 0.1) is 25.2 Å². The molecule has 4 nitrogen and oxygen atoms in total. The van der Waals surface area contributed by atoms with Crippen LogP contribution in [-0.4, -0.2) is 21.4 Å². The highest BCUT2D eigenvalue weighted by Gasteiger charge is 2.26. The molecule has 1 N–H and O–H groups in total. The van der Waals surface area contributed by atoms with E-state index in [1.165, 1.54) is 0 Å². The smallest absolute Gasteiger partial charge is 0.123 e. The van der Waals surface area contributed by atoms with Crippen LogP contribution in [0.1, 0.15) is 32.2 Å². The number of nitriles is 1. The first-order valence-corrected chi connectivity index (χ1v) is 6.47. The molecule has 0 radical (unpaired) electrons. The second-order valence-corrected chi connectivity index (χ2v) is 5.68. The van der Waals surface area contributed by atoms with Gasteiger partial charge in [0.05, 0.1) is 22.8 Å². The van der Waals surface area contributed by atoms with Crippen LogP contribution in [0.5, 0.6) is 0 Å². The van der Waals surface area contributed by atoms with E-state index in [4.69, 9.17) is 0 Å². The third-order valence-corrected chi connectivity index (χ3v) is 3.76. The summed E-state index contributed by atoms with van der Waals surface area (Å²) in [7, 11) is 0. The van der Waals surface area contributed by atoms with Crippen molar-refractivity contribution in [2.24, 2.45) is 0 Å². The van der Waals surface area contributed by atoms with Crippen LogP contribution in [0.4, 0.5) is 0 Å². The van der Waals surface area contributed by atoms with Gasteiger partial charge in [0.1, 0.15) is 5.54 Å². The normalized spacial score (nSPS) is 14.7. The van der Waals surface area contributed by atoms with Gasteiger partial charge in [-0.15, -0.1) is 0 Å². The van der Waals surface area contributed by atoms with Crippen molar-refractivity contribution in [1.29, 1.82) is 5.26 Å². The lowest BCUT2D eigenvalue weighted by atomic mass is 10.0. The van der Waals surface area contributed by atoms with Crippen molar-refractivity contribution in [2.75, 3.05) is 0 Å². The highest BCUT2D eigenvalue weighted by molar-refractivity contribution is 9.10. The van der Waals surface area contributed by atoms with E-state index in [9.17, 15) is 5.26 Å². The predicted molar refractivity (Wildman–Crippen MR) is 71.7 cm³/mol. The van der Waals surface area contributed by atoms with Gasteiger partial charge in [0, 0.05) is 11.7 Å². The Balaban J connectivity index is 2.96. The molecule has 0 amide bonds. The minimum Gasteiger partial charge on any atom is -0.296 e. The number of nitrogens with zero attached hydrogens (tertiary/aromatic N) is 3. The summed E-state index contributed by atoms with van der Waals surface area (Å²) >= 11 is 3.49. The van der Waals surface area contributed by atoms with Crippen LogP contribution < -0.4 is 5.32 Å². The highest BCUT2D eigenvalue weighted by atomic mass is 79.9. The van der Waals surface area contributed by atoms with Gasteiger partial charge in [-0.25, -0.2) is 0 Å². The molecular weight excluding hydrogens is 280 g/mol. The van der Waals surface area contributed by atoms with E-state index in [0.29, 0.717) is 6.54 Å². The third kappa shape index (κ3) is 3.30. The summed E-state index contributed by atoms with van der Waals surface area (Å²) in [5.74, 6) is 0. The Bertz CT molecular complexity index is 444. The standard InChI is InChI=1S/C12H19BrN4/c1-8(2)15-12(5,6-14)7-17-10(4)11(13)9(3)16-17/h8,15H,7H2,1-5H3. The maximum Gasteiger partial charge on any atom is 0.123 e. The molecule has 1 heterocycles. The fraction of sp³-hybridized carbons (Fsp3) is 0.667. The fourth-order valence-corrected chi connectivity index (χ4v) is 2.16. The molecule has 0 spiro atoms. The molecule has 0 fully saturated rings. The average molecular weight is 299 g/mol. The van der Waals surface area contributed by atoms with Gasteiger partial charge in [-0.1, -0.05) is 0 Å². The average Bonchev–Trinajstić information content (AvgIpc) is 2.45. The number of rotatable bonds is 4. The minimum atomic E-state index is -0.600. The maximum absolute atomic E-state index is 9.30. The Morgan fingerprint density at radius 3 is 2.47 bits per heavy atom. The zero-order chi connectivity index (χ0) is 13.2. The van der Waals surface area contributed by atoms with E-state index < -0.39 is 5.54 Å². The number of hydrogen-bond acceptors (Lipinski definition) is 3. The first-order valence-electron chi connectivity index (χ1n) is 5.67. The molecule has 1 rings (SSSR count). The van der Waals surface area contributed by atoms with Crippen LogP contribution >= 0.6 is 15.9 Å². The molecule has 0 aliphatic carbocycles. The molecule has 0 saturated carbocycles. The number of hydrogen-bond donors (Lipinski definition) is 1. The Morgan fingerprint density at radius 1 is 1.53 bits per heavy atom. The van der Waals surface area contributed by atoms with E-state index >= 15 is 0 Å². The molecular formula is C12H19BrN4. The molecule has 17 heavy (non-hydrogen) atoms. The zero-order valence-electron chi connectivity index (χ0n) is 11.0. The van der Waals surface area contributed by atoms with Crippen LogP contribution in [0.2, 0.25) is 0 Å². The fourth-order valence-electron chi connectivity index (χ4n) is 1.88. The second kappa shape index (κ2) is 5.19. The molecule has 0 saturated heterocycles. The van der Waals surface area contributed by atoms with E-state index in [2.05, 4.69) is 32.4 Å². The van der Waals surface area contributed by atoms with E-state index in [-0.39, 0.29) is 6.04 Å². The summed E-state index contributed by atoms with van der Waals surface area (Å²) in [5, 5.41) is 17.0. The van der Waals surface area contributed by atoms with Gasteiger partial charge in [0.15, 0.2) is 0 Å².